The summed E-state index contributed by atoms with van der Waals surface area (Å²) in [6, 6.07) is 12.2. The second-order valence-electron chi connectivity index (χ2n) is 6.81. The highest BCUT2D eigenvalue weighted by atomic mass is 35.5. The molecule has 0 saturated heterocycles. The zero-order chi connectivity index (χ0) is 23.1. The number of halogens is 2. The van der Waals surface area contributed by atoms with Gasteiger partial charge in [0.2, 0.25) is 5.91 Å². The number of hydrogen-bond donors (Lipinski definition) is 2. The Kier molecular flexibility index (Phi) is 8.33. The SMILES string of the molecule is C=CCn1c(CNC(=O)c2ccc(Cl)c(Cl)c2)nnc1SCC(=O)Nc1ccc(C)cc1. The Labute approximate surface area is 200 Å². The number of aromatic nitrogens is 3. The average molecular weight is 490 g/mol. The Bertz CT molecular complexity index is 1130. The standard InChI is InChI=1S/C22H21Cl2N5O2S/c1-3-10-29-19(12-25-21(31)15-6-9-17(23)18(24)11-15)27-28-22(29)32-13-20(30)26-16-7-4-14(2)5-8-16/h3-9,11H,1,10,12-13H2,2H3,(H,25,31)(H,26,30). The van der Waals surface area contributed by atoms with Crippen LogP contribution in [0.2, 0.25) is 10.0 Å². The highest BCUT2D eigenvalue weighted by molar-refractivity contribution is 7.99. The fourth-order valence-electron chi connectivity index (χ4n) is 2.73. The van der Waals surface area contributed by atoms with Gasteiger partial charge < -0.3 is 15.2 Å². The van der Waals surface area contributed by atoms with Crippen LogP contribution in [0.15, 0.2) is 60.3 Å². The zero-order valence-electron chi connectivity index (χ0n) is 17.3. The van der Waals surface area contributed by atoms with Crippen LogP contribution >= 0.6 is 35.0 Å². The number of nitrogens with zero attached hydrogens (tertiary/aromatic N) is 3. The van der Waals surface area contributed by atoms with Gasteiger partial charge >= 0.3 is 0 Å². The molecular weight excluding hydrogens is 469 g/mol. The van der Waals surface area contributed by atoms with Gasteiger partial charge in [0.1, 0.15) is 0 Å². The summed E-state index contributed by atoms with van der Waals surface area (Å²) < 4.78 is 1.80. The second kappa shape index (κ2) is 11.2. The highest BCUT2D eigenvalue weighted by Crippen LogP contribution is 2.23. The highest BCUT2D eigenvalue weighted by Gasteiger charge is 2.15. The lowest BCUT2D eigenvalue weighted by Crippen LogP contribution is -2.25. The van der Waals surface area contributed by atoms with Crippen LogP contribution in [0.25, 0.3) is 0 Å². The monoisotopic (exact) mass is 489 g/mol. The Hall–Kier alpha value is -2.81. The summed E-state index contributed by atoms with van der Waals surface area (Å²) in [6.07, 6.45) is 1.70. The van der Waals surface area contributed by atoms with E-state index >= 15 is 0 Å². The second-order valence-corrected chi connectivity index (χ2v) is 8.57. The van der Waals surface area contributed by atoms with Gasteiger partial charge in [0.05, 0.1) is 22.3 Å². The number of aryl methyl sites for hydroxylation is 1. The van der Waals surface area contributed by atoms with Gasteiger partial charge in [-0.1, -0.05) is 58.7 Å². The molecule has 0 saturated carbocycles. The molecule has 0 aliphatic rings. The average Bonchev–Trinajstić information content (AvgIpc) is 3.16. The normalized spacial score (nSPS) is 10.6. The molecule has 1 aromatic heterocycles. The Morgan fingerprint density at radius 3 is 2.56 bits per heavy atom. The number of rotatable bonds is 9. The van der Waals surface area contributed by atoms with E-state index in [4.69, 9.17) is 23.2 Å². The molecule has 3 aromatic rings. The van der Waals surface area contributed by atoms with Crippen molar-refractivity contribution in [3.63, 3.8) is 0 Å². The lowest BCUT2D eigenvalue weighted by Gasteiger charge is -2.09. The molecule has 2 N–H and O–H groups in total. The van der Waals surface area contributed by atoms with Crippen LogP contribution in [0.4, 0.5) is 5.69 Å². The van der Waals surface area contributed by atoms with E-state index in [1.807, 2.05) is 31.2 Å². The molecule has 1 heterocycles. The number of nitrogens with one attached hydrogen (secondary N) is 2. The van der Waals surface area contributed by atoms with Crippen LogP contribution in [-0.4, -0.2) is 32.3 Å². The van der Waals surface area contributed by atoms with E-state index < -0.39 is 0 Å². The minimum atomic E-state index is -0.316. The summed E-state index contributed by atoms with van der Waals surface area (Å²) in [4.78, 5) is 24.7. The van der Waals surface area contributed by atoms with Crippen molar-refractivity contribution in [2.75, 3.05) is 11.1 Å². The number of carbonyl (C=O) groups excluding carboxylic acids is 2. The molecule has 2 amide bonds. The van der Waals surface area contributed by atoms with Crippen molar-refractivity contribution in [2.45, 2.75) is 25.2 Å². The largest absolute Gasteiger partial charge is 0.345 e. The van der Waals surface area contributed by atoms with E-state index in [1.165, 1.54) is 17.8 Å². The summed E-state index contributed by atoms with van der Waals surface area (Å²) in [5.74, 6) is 0.239. The predicted molar refractivity (Wildman–Crippen MR) is 128 cm³/mol. The smallest absolute Gasteiger partial charge is 0.251 e. The first-order valence-electron chi connectivity index (χ1n) is 9.63. The van der Waals surface area contributed by atoms with Gasteiger partial charge in [0.15, 0.2) is 11.0 Å². The number of amides is 2. The first-order chi connectivity index (χ1) is 15.4. The van der Waals surface area contributed by atoms with Crippen molar-refractivity contribution in [1.82, 2.24) is 20.1 Å². The maximum absolute atomic E-state index is 12.4. The third kappa shape index (κ3) is 6.35. The minimum absolute atomic E-state index is 0.149. The summed E-state index contributed by atoms with van der Waals surface area (Å²) in [5.41, 5.74) is 2.24. The Morgan fingerprint density at radius 1 is 1.12 bits per heavy atom. The Balaban J connectivity index is 1.60. The van der Waals surface area contributed by atoms with Crippen molar-refractivity contribution < 1.29 is 9.59 Å². The topological polar surface area (TPSA) is 88.9 Å². The predicted octanol–water partition coefficient (Wildman–Crippen LogP) is 4.74. The van der Waals surface area contributed by atoms with E-state index in [-0.39, 0.29) is 24.1 Å². The van der Waals surface area contributed by atoms with Crippen LogP contribution in [-0.2, 0) is 17.9 Å². The fourth-order valence-corrected chi connectivity index (χ4v) is 3.80. The summed E-state index contributed by atoms with van der Waals surface area (Å²) in [7, 11) is 0. The Morgan fingerprint density at radius 2 is 1.88 bits per heavy atom. The van der Waals surface area contributed by atoms with Gasteiger partial charge in [-0.05, 0) is 37.3 Å². The third-order valence-corrected chi connectivity index (χ3v) is 6.07. The lowest BCUT2D eigenvalue weighted by molar-refractivity contribution is -0.113. The van der Waals surface area contributed by atoms with Crippen LogP contribution in [0.3, 0.4) is 0 Å². The van der Waals surface area contributed by atoms with Crippen molar-refractivity contribution >= 4 is 52.5 Å². The van der Waals surface area contributed by atoms with Gasteiger partial charge in [0, 0.05) is 17.8 Å². The molecule has 0 unspecified atom stereocenters. The van der Waals surface area contributed by atoms with Crippen molar-refractivity contribution in [3.8, 4) is 0 Å². The van der Waals surface area contributed by atoms with Crippen LogP contribution < -0.4 is 10.6 Å². The van der Waals surface area contributed by atoms with Crippen LogP contribution in [0, 0.1) is 6.92 Å². The van der Waals surface area contributed by atoms with Gasteiger partial charge in [-0.3, -0.25) is 9.59 Å². The summed E-state index contributed by atoms with van der Waals surface area (Å²) >= 11 is 13.1. The molecule has 0 atom stereocenters. The number of thioether (sulfide) groups is 1. The van der Waals surface area contributed by atoms with Crippen molar-refractivity contribution in [1.29, 1.82) is 0 Å². The number of allylic oxidation sites excluding steroid dienone is 1. The molecule has 0 fully saturated rings. The maximum Gasteiger partial charge on any atom is 0.251 e. The van der Waals surface area contributed by atoms with Gasteiger partial charge in [-0.15, -0.1) is 16.8 Å². The van der Waals surface area contributed by atoms with Crippen molar-refractivity contribution in [3.05, 3.63) is 82.1 Å². The molecule has 0 aliphatic carbocycles. The first-order valence-corrected chi connectivity index (χ1v) is 11.4. The molecule has 2 aromatic carbocycles. The molecule has 3 rings (SSSR count). The molecule has 166 valence electrons. The quantitative estimate of drug-likeness (QED) is 0.334. The third-order valence-electron chi connectivity index (χ3n) is 4.36. The zero-order valence-corrected chi connectivity index (χ0v) is 19.6. The number of hydrogen-bond acceptors (Lipinski definition) is 5. The molecular formula is C22H21Cl2N5O2S. The van der Waals surface area contributed by atoms with Crippen molar-refractivity contribution in [2.24, 2.45) is 0 Å². The van der Waals surface area contributed by atoms with E-state index in [1.54, 1.807) is 22.8 Å². The summed E-state index contributed by atoms with van der Waals surface area (Å²) in [5, 5.41) is 15.2. The van der Waals surface area contributed by atoms with Crippen LogP contribution in [0.1, 0.15) is 21.7 Å². The molecule has 0 spiro atoms. The molecule has 0 radical (unpaired) electrons. The summed E-state index contributed by atoms with van der Waals surface area (Å²) in [6.45, 7) is 6.33. The van der Waals surface area contributed by atoms with E-state index in [0.29, 0.717) is 33.1 Å². The van der Waals surface area contributed by atoms with Crippen LogP contribution in [0.5, 0.6) is 0 Å². The van der Waals surface area contributed by atoms with E-state index in [2.05, 4.69) is 27.4 Å². The lowest BCUT2D eigenvalue weighted by atomic mass is 10.2. The van der Waals surface area contributed by atoms with Gasteiger partial charge in [-0.25, -0.2) is 0 Å². The molecule has 7 nitrogen and oxygen atoms in total. The number of benzene rings is 2. The first kappa shape index (κ1) is 23.8. The molecule has 32 heavy (non-hydrogen) atoms. The van der Waals surface area contributed by atoms with Gasteiger partial charge in [-0.2, -0.15) is 0 Å². The molecule has 0 aliphatic heterocycles. The van der Waals surface area contributed by atoms with E-state index in [9.17, 15) is 9.59 Å². The molecule has 10 heteroatoms. The van der Waals surface area contributed by atoms with E-state index in [0.717, 1.165) is 11.3 Å². The fraction of sp³-hybridized carbons (Fsp3) is 0.182. The van der Waals surface area contributed by atoms with Gasteiger partial charge in [0.25, 0.3) is 5.91 Å². The molecule has 0 bridgehead atoms. The maximum atomic E-state index is 12.4. The minimum Gasteiger partial charge on any atom is -0.345 e. The number of anilines is 1. The number of carbonyl (C=O) groups is 2.